The number of likely N-dealkylation sites (N-methyl/N-ethyl adjacent to an activating group) is 1. The third-order valence-corrected chi connectivity index (χ3v) is 8.90. The Morgan fingerprint density at radius 2 is 1.83 bits per heavy atom. The molecule has 1 aliphatic heterocycles. The Labute approximate surface area is 182 Å². The molecule has 168 valence electrons. The van der Waals surface area contributed by atoms with Crippen LogP contribution in [0.5, 0.6) is 0 Å². The topological polar surface area (TPSA) is 69.7 Å². The van der Waals surface area contributed by atoms with Crippen LogP contribution in [0.25, 0.3) is 0 Å². The lowest BCUT2D eigenvalue weighted by molar-refractivity contribution is 0.0905. The summed E-state index contributed by atoms with van der Waals surface area (Å²) in [5.41, 5.74) is 0.561. The molecule has 0 aromatic heterocycles. The zero-order chi connectivity index (χ0) is 21.8. The van der Waals surface area contributed by atoms with Crippen LogP contribution in [-0.4, -0.2) is 69.2 Å². The Morgan fingerprint density at radius 3 is 2.47 bits per heavy atom. The van der Waals surface area contributed by atoms with Crippen molar-refractivity contribution in [2.24, 2.45) is 5.92 Å². The molecule has 0 radical (unpaired) electrons. The molecular weight excluding hydrogens is 398 g/mol. The smallest absolute Gasteiger partial charge is 0.243 e. The van der Waals surface area contributed by atoms with Crippen LogP contribution < -0.4 is 5.32 Å². The van der Waals surface area contributed by atoms with E-state index < -0.39 is 10.0 Å². The van der Waals surface area contributed by atoms with Gasteiger partial charge in [0.2, 0.25) is 10.0 Å². The van der Waals surface area contributed by atoms with Gasteiger partial charge < -0.3 is 10.2 Å². The van der Waals surface area contributed by atoms with E-state index in [1.807, 2.05) is 0 Å². The summed E-state index contributed by atoms with van der Waals surface area (Å²) < 4.78 is 27.6. The van der Waals surface area contributed by atoms with Crippen LogP contribution in [0.2, 0.25) is 0 Å². The molecule has 1 aliphatic carbocycles. The van der Waals surface area contributed by atoms with Gasteiger partial charge in [-0.3, -0.25) is 4.79 Å². The molecule has 7 heteroatoms. The highest BCUT2D eigenvalue weighted by atomic mass is 32.2. The monoisotopic (exact) mass is 435 g/mol. The third-order valence-electron chi connectivity index (χ3n) is 7.01. The average molecular weight is 436 g/mol. The van der Waals surface area contributed by atoms with E-state index in [9.17, 15) is 13.2 Å². The molecule has 1 aromatic rings. The minimum Gasteiger partial charge on any atom is -0.308 e. The van der Waals surface area contributed by atoms with E-state index >= 15 is 0 Å². The SMILES string of the molecule is CC1CCN(S(=O)(=O)c2cccc(C(=O)CNCC3(N(C)C)CCCCC3)c2)CC1. The van der Waals surface area contributed by atoms with Crippen molar-refractivity contribution in [3.63, 3.8) is 0 Å². The molecule has 1 aromatic carbocycles. The Bertz CT molecular complexity index is 824. The largest absolute Gasteiger partial charge is 0.308 e. The summed E-state index contributed by atoms with van der Waals surface area (Å²) in [6, 6.07) is 6.53. The van der Waals surface area contributed by atoms with Crippen LogP contribution in [0.3, 0.4) is 0 Å². The van der Waals surface area contributed by atoms with Crippen LogP contribution in [0, 0.1) is 5.92 Å². The summed E-state index contributed by atoms with van der Waals surface area (Å²) in [5, 5.41) is 3.35. The predicted molar refractivity (Wildman–Crippen MR) is 120 cm³/mol. The van der Waals surface area contributed by atoms with E-state index in [0.29, 0.717) is 24.6 Å². The number of ketones is 1. The summed E-state index contributed by atoms with van der Waals surface area (Å²) in [5.74, 6) is 0.495. The molecule has 1 saturated carbocycles. The number of hydrogen-bond donors (Lipinski definition) is 1. The molecule has 0 atom stereocenters. The third kappa shape index (κ3) is 5.31. The molecule has 0 bridgehead atoms. The second kappa shape index (κ2) is 9.90. The van der Waals surface area contributed by atoms with Crippen LogP contribution in [0.15, 0.2) is 29.2 Å². The number of carbonyl (C=O) groups excluding carboxylic acids is 1. The molecule has 1 saturated heterocycles. The minimum atomic E-state index is -3.55. The van der Waals surface area contributed by atoms with Crippen LogP contribution in [0.1, 0.15) is 62.2 Å². The number of sulfonamides is 1. The molecule has 2 aliphatic rings. The van der Waals surface area contributed by atoms with E-state index in [2.05, 4.69) is 31.2 Å². The van der Waals surface area contributed by atoms with Gasteiger partial charge >= 0.3 is 0 Å². The van der Waals surface area contributed by atoms with E-state index in [1.165, 1.54) is 19.3 Å². The molecule has 1 N–H and O–H groups in total. The zero-order valence-corrected chi connectivity index (χ0v) is 19.5. The van der Waals surface area contributed by atoms with Gasteiger partial charge in [0.25, 0.3) is 0 Å². The lowest BCUT2D eigenvalue weighted by Gasteiger charge is -2.43. The van der Waals surface area contributed by atoms with Crippen molar-refractivity contribution < 1.29 is 13.2 Å². The Hall–Kier alpha value is -1.28. The fourth-order valence-corrected chi connectivity index (χ4v) is 6.22. The first-order valence-corrected chi connectivity index (χ1v) is 12.7. The zero-order valence-electron chi connectivity index (χ0n) is 18.7. The van der Waals surface area contributed by atoms with Gasteiger partial charge in [0.15, 0.2) is 5.78 Å². The van der Waals surface area contributed by atoms with Crippen molar-refractivity contribution in [3.05, 3.63) is 29.8 Å². The van der Waals surface area contributed by atoms with Gasteiger partial charge in [-0.15, -0.1) is 0 Å². The maximum atomic E-state index is 13.0. The number of nitrogens with one attached hydrogen (secondary N) is 1. The number of piperidine rings is 1. The van der Waals surface area contributed by atoms with Crippen molar-refractivity contribution in [2.45, 2.75) is 62.3 Å². The number of benzene rings is 1. The van der Waals surface area contributed by atoms with Gasteiger partial charge in [0, 0.05) is 30.7 Å². The summed E-state index contributed by atoms with van der Waals surface area (Å²) in [7, 11) is 0.685. The molecule has 30 heavy (non-hydrogen) atoms. The highest BCUT2D eigenvalue weighted by molar-refractivity contribution is 7.89. The lowest BCUT2D eigenvalue weighted by atomic mass is 9.80. The molecule has 3 rings (SSSR count). The fraction of sp³-hybridized carbons (Fsp3) is 0.696. The summed E-state index contributed by atoms with van der Waals surface area (Å²) in [6.45, 7) is 4.26. The molecule has 0 unspecified atom stereocenters. The normalized spacial score (nSPS) is 21.1. The Balaban J connectivity index is 1.63. The van der Waals surface area contributed by atoms with Crippen LogP contribution >= 0.6 is 0 Å². The van der Waals surface area contributed by atoms with Gasteiger partial charge in [0.1, 0.15) is 0 Å². The maximum Gasteiger partial charge on any atom is 0.243 e. The second-order valence-corrected chi connectivity index (χ2v) is 11.3. The van der Waals surface area contributed by atoms with Gasteiger partial charge in [0.05, 0.1) is 11.4 Å². The molecule has 6 nitrogen and oxygen atoms in total. The van der Waals surface area contributed by atoms with Crippen molar-refractivity contribution in [1.82, 2.24) is 14.5 Å². The summed E-state index contributed by atoms with van der Waals surface area (Å²) in [6.07, 6.45) is 7.79. The van der Waals surface area contributed by atoms with Gasteiger partial charge in [-0.25, -0.2) is 8.42 Å². The van der Waals surface area contributed by atoms with Gasteiger partial charge in [-0.2, -0.15) is 4.31 Å². The van der Waals surface area contributed by atoms with E-state index in [0.717, 1.165) is 32.2 Å². The quantitative estimate of drug-likeness (QED) is 0.635. The maximum absolute atomic E-state index is 13.0. The van der Waals surface area contributed by atoms with Crippen LogP contribution in [-0.2, 0) is 10.0 Å². The van der Waals surface area contributed by atoms with Gasteiger partial charge in [-0.05, 0) is 57.8 Å². The number of rotatable bonds is 8. The standard InChI is InChI=1S/C23H37N3O3S/c1-19-10-14-26(15-11-19)30(28,29)21-9-7-8-20(16-21)22(27)17-24-18-23(25(2)3)12-5-4-6-13-23/h7-9,16,19,24H,4-6,10-15,17-18H2,1-3H3. The highest BCUT2D eigenvalue weighted by Crippen LogP contribution is 2.31. The van der Waals surface area contributed by atoms with Crippen molar-refractivity contribution in [1.29, 1.82) is 0 Å². The predicted octanol–water partition coefficient (Wildman–Crippen LogP) is 3.14. The van der Waals surface area contributed by atoms with Crippen LogP contribution in [0.4, 0.5) is 0 Å². The van der Waals surface area contributed by atoms with Crippen molar-refractivity contribution in [3.8, 4) is 0 Å². The van der Waals surface area contributed by atoms with Crippen molar-refractivity contribution >= 4 is 15.8 Å². The van der Waals surface area contributed by atoms with E-state index in [1.54, 1.807) is 28.6 Å². The minimum absolute atomic E-state index is 0.0657. The molecular formula is C23H37N3O3S. The van der Waals surface area contributed by atoms with Crippen molar-refractivity contribution in [2.75, 3.05) is 40.3 Å². The molecule has 0 spiro atoms. The summed E-state index contributed by atoms with van der Waals surface area (Å²) in [4.78, 5) is 15.3. The number of carbonyl (C=O) groups is 1. The average Bonchev–Trinajstić information content (AvgIpc) is 2.74. The lowest BCUT2D eigenvalue weighted by Crippen LogP contribution is -2.53. The van der Waals surface area contributed by atoms with E-state index in [4.69, 9.17) is 0 Å². The highest BCUT2D eigenvalue weighted by Gasteiger charge is 2.34. The first-order valence-electron chi connectivity index (χ1n) is 11.3. The first kappa shape index (κ1) is 23.4. The Kier molecular flexibility index (Phi) is 7.71. The fourth-order valence-electron chi connectivity index (χ4n) is 4.71. The number of hydrogen-bond acceptors (Lipinski definition) is 5. The molecule has 1 heterocycles. The van der Waals surface area contributed by atoms with E-state index in [-0.39, 0.29) is 22.8 Å². The summed E-state index contributed by atoms with van der Waals surface area (Å²) >= 11 is 0. The number of nitrogens with zero attached hydrogens (tertiary/aromatic N) is 2. The van der Waals surface area contributed by atoms with Gasteiger partial charge in [-0.1, -0.05) is 38.3 Å². The Morgan fingerprint density at radius 1 is 1.17 bits per heavy atom. The first-order chi connectivity index (χ1) is 14.2. The number of Topliss-reactive ketones (excluding diaryl/α,β-unsaturated/α-hetero) is 1. The molecule has 0 amide bonds. The second-order valence-electron chi connectivity index (χ2n) is 9.32. The molecule has 2 fully saturated rings.